The molecule has 1 aromatic heterocycles. The fourth-order valence-electron chi connectivity index (χ4n) is 7.57. The molecule has 2 aromatic rings. The monoisotopic (exact) mass is 622 g/mol. The first kappa shape index (κ1) is 32.9. The van der Waals surface area contributed by atoms with Crippen LogP contribution >= 0.6 is 0 Å². The van der Waals surface area contributed by atoms with Gasteiger partial charge in [-0.1, -0.05) is 48.0 Å². The first-order valence-electron chi connectivity index (χ1n) is 15.9. The van der Waals surface area contributed by atoms with E-state index in [1.807, 2.05) is 12.1 Å². The number of fused-ring (bicyclic) bond motifs is 2. The summed E-state index contributed by atoms with van der Waals surface area (Å²) >= 11 is 0. The molecule has 1 fully saturated rings. The van der Waals surface area contributed by atoms with Crippen molar-refractivity contribution in [3.05, 3.63) is 72.6 Å². The molecule has 6 unspecified atom stereocenters. The summed E-state index contributed by atoms with van der Waals surface area (Å²) in [5, 5.41) is 42.7. The highest BCUT2D eigenvalue weighted by Gasteiger charge is 2.65. The minimum Gasteiger partial charge on any atom is -0.490 e. The molecule has 1 aliphatic heterocycles. The molecule has 0 bridgehead atoms. The van der Waals surface area contributed by atoms with Crippen LogP contribution in [0.3, 0.4) is 0 Å². The van der Waals surface area contributed by atoms with Crippen molar-refractivity contribution in [3.63, 3.8) is 0 Å². The Balaban J connectivity index is 1.77. The van der Waals surface area contributed by atoms with E-state index in [0.29, 0.717) is 30.9 Å². The van der Waals surface area contributed by atoms with Crippen molar-refractivity contribution >= 4 is 5.71 Å². The van der Waals surface area contributed by atoms with Gasteiger partial charge in [0.2, 0.25) is 5.79 Å². The lowest BCUT2D eigenvalue weighted by atomic mass is 9.55. The van der Waals surface area contributed by atoms with E-state index in [4.69, 9.17) is 19.0 Å². The molecule has 3 aliphatic rings. The Bertz CT molecular complexity index is 1370. The van der Waals surface area contributed by atoms with E-state index < -0.39 is 11.8 Å². The van der Waals surface area contributed by atoms with Gasteiger partial charge < -0.3 is 34.4 Å². The lowest BCUT2D eigenvalue weighted by Crippen LogP contribution is -2.63. The number of aliphatic hydroxyl groups excluding tert-OH is 3. The summed E-state index contributed by atoms with van der Waals surface area (Å²) in [4.78, 5) is 5.43. The van der Waals surface area contributed by atoms with E-state index in [-0.39, 0.29) is 50.1 Å². The summed E-state index contributed by atoms with van der Waals surface area (Å²) in [5.74, 6) is 0.0590. The van der Waals surface area contributed by atoms with Crippen molar-refractivity contribution in [1.29, 1.82) is 0 Å². The van der Waals surface area contributed by atoms with Gasteiger partial charge in [-0.3, -0.25) is 0 Å². The van der Waals surface area contributed by atoms with Gasteiger partial charge in [0.05, 0.1) is 36.7 Å². The fourth-order valence-corrected chi connectivity index (χ4v) is 7.57. The highest BCUT2D eigenvalue weighted by molar-refractivity contribution is 6.02. The van der Waals surface area contributed by atoms with Crippen molar-refractivity contribution in [2.24, 2.45) is 22.9 Å². The van der Waals surface area contributed by atoms with Crippen LogP contribution in [0.15, 0.2) is 66.5 Å². The number of oxime groups is 1. The SMILES string of the molecule is C=CCOc1ccc2c(c1)C1C(CCCCO)C(CCCCO)C=C3C(=NOC)CC(n4nncc4CO)C(OCC=C)(O2)C31. The minimum atomic E-state index is -1.25. The van der Waals surface area contributed by atoms with Crippen molar-refractivity contribution in [1.82, 2.24) is 15.0 Å². The Hall–Kier alpha value is -3.51. The number of hydrogen-bond donors (Lipinski definition) is 3. The van der Waals surface area contributed by atoms with Crippen LogP contribution in [0.2, 0.25) is 0 Å². The van der Waals surface area contributed by atoms with Gasteiger partial charge in [0.1, 0.15) is 31.3 Å². The predicted octanol–water partition coefficient (Wildman–Crippen LogP) is 4.47. The number of aliphatic hydroxyl groups is 3. The first-order chi connectivity index (χ1) is 22.1. The summed E-state index contributed by atoms with van der Waals surface area (Å²) in [6, 6.07) is 5.36. The molecule has 11 nitrogen and oxygen atoms in total. The van der Waals surface area contributed by atoms with Crippen LogP contribution < -0.4 is 9.47 Å². The molecule has 0 radical (unpaired) electrons. The number of unbranched alkanes of at least 4 members (excludes halogenated alkanes) is 2. The molecule has 1 aromatic carbocycles. The normalized spacial score (nSPS) is 27.6. The van der Waals surface area contributed by atoms with Crippen molar-refractivity contribution in [2.45, 2.75) is 69.3 Å². The molecule has 0 amide bonds. The fraction of sp³-hybridized carbons (Fsp3) is 0.559. The van der Waals surface area contributed by atoms with Gasteiger partial charge >= 0.3 is 0 Å². The predicted molar refractivity (Wildman–Crippen MR) is 169 cm³/mol. The second-order valence-corrected chi connectivity index (χ2v) is 11.9. The first-order valence-corrected chi connectivity index (χ1v) is 15.9. The zero-order valence-electron chi connectivity index (χ0n) is 26.1. The third kappa shape index (κ3) is 6.44. The topological polar surface area (TPSA) is 141 Å². The van der Waals surface area contributed by atoms with E-state index in [1.165, 1.54) is 0 Å². The molecular weight excluding hydrogens is 576 g/mol. The number of rotatable bonds is 17. The quantitative estimate of drug-likeness (QED) is 0.132. The van der Waals surface area contributed by atoms with Crippen LogP contribution in [0.4, 0.5) is 0 Å². The number of allylic oxidation sites excluding steroid dienone is 1. The summed E-state index contributed by atoms with van der Waals surface area (Å²) < 4.78 is 21.6. The average molecular weight is 623 g/mol. The molecule has 6 atom stereocenters. The lowest BCUT2D eigenvalue weighted by Gasteiger charge is -2.58. The maximum Gasteiger partial charge on any atom is 0.241 e. The summed E-state index contributed by atoms with van der Waals surface area (Å²) in [6.07, 6.45) is 12.6. The zero-order chi connectivity index (χ0) is 31.8. The van der Waals surface area contributed by atoms with Crippen LogP contribution in [0, 0.1) is 17.8 Å². The van der Waals surface area contributed by atoms with Gasteiger partial charge in [0, 0.05) is 31.1 Å². The molecular formula is C34H46N4O7. The lowest BCUT2D eigenvalue weighted by molar-refractivity contribution is -0.252. The molecule has 1 saturated carbocycles. The number of aromatic nitrogens is 3. The molecule has 244 valence electrons. The highest BCUT2D eigenvalue weighted by Crippen LogP contribution is 2.63. The average Bonchev–Trinajstić information content (AvgIpc) is 3.53. The molecule has 45 heavy (non-hydrogen) atoms. The van der Waals surface area contributed by atoms with Gasteiger partial charge in [-0.15, -0.1) is 11.7 Å². The molecule has 0 saturated heterocycles. The second kappa shape index (κ2) is 15.2. The number of ether oxygens (including phenoxy) is 3. The van der Waals surface area contributed by atoms with Gasteiger partial charge in [-0.2, -0.15) is 0 Å². The van der Waals surface area contributed by atoms with Gasteiger partial charge in [0.25, 0.3) is 0 Å². The van der Waals surface area contributed by atoms with Gasteiger partial charge in [0.15, 0.2) is 0 Å². The van der Waals surface area contributed by atoms with Crippen molar-refractivity contribution < 1.29 is 34.4 Å². The molecule has 2 aliphatic carbocycles. The van der Waals surface area contributed by atoms with Crippen LogP contribution in [0.5, 0.6) is 11.5 Å². The highest BCUT2D eigenvalue weighted by atomic mass is 16.7. The maximum absolute atomic E-state index is 10.3. The number of benzene rings is 1. The number of nitrogens with zero attached hydrogens (tertiary/aromatic N) is 4. The Labute approximate surface area is 264 Å². The van der Waals surface area contributed by atoms with Crippen molar-refractivity contribution in [3.8, 4) is 11.5 Å². The molecule has 2 heterocycles. The molecule has 5 rings (SSSR count). The molecule has 0 spiro atoms. The van der Waals surface area contributed by atoms with E-state index >= 15 is 0 Å². The smallest absolute Gasteiger partial charge is 0.241 e. The van der Waals surface area contributed by atoms with E-state index in [2.05, 4.69) is 40.8 Å². The molecule has 11 heteroatoms. The third-order valence-corrected chi connectivity index (χ3v) is 9.32. The van der Waals surface area contributed by atoms with E-state index in [9.17, 15) is 15.3 Å². The van der Waals surface area contributed by atoms with E-state index in [0.717, 1.165) is 54.7 Å². The number of hydrogen-bond acceptors (Lipinski definition) is 10. The Morgan fingerprint density at radius 1 is 1.09 bits per heavy atom. The summed E-state index contributed by atoms with van der Waals surface area (Å²) in [6.45, 7) is 8.35. The summed E-state index contributed by atoms with van der Waals surface area (Å²) in [5.41, 5.74) is 3.32. The van der Waals surface area contributed by atoms with Crippen molar-refractivity contribution in [2.75, 3.05) is 33.5 Å². The Kier molecular flexibility index (Phi) is 11.1. The van der Waals surface area contributed by atoms with Gasteiger partial charge in [-0.05, 0) is 61.3 Å². The zero-order valence-corrected chi connectivity index (χ0v) is 26.1. The molecule has 3 N–H and O–H groups in total. The van der Waals surface area contributed by atoms with Gasteiger partial charge in [-0.25, -0.2) is 4.68 Å². The van der Waals surface area contributed by atoms with Crippen LogP contribution in [0.1, 0.15) is 68.2 Å². The van der Waals surface area contributed by atoms with Crippen LogP contribution in [0.25, 0.3) is 0 Å². The Morgan fingerprint density at radius 3 is 2.58 bits per heavy atom. The standard InChI is InChI=1S/C34H46N4O7/c1-4-16-43-25-12-13-30-28(19-25)32-26(11-7-9-15-40)23(10-6-8-14-39)18-27-29(36-42-3)20-31(38-24(22-41)21-35-37-38)34(45-30,33(27)32)44-17-5-2/h4-5,12-13,18-19,21,23,26,31-33,39-41H,1-2,6-11,14-17,20,22H2,3H3. The summed E-state index contributed by atoms with van der Waals surface area (Å²) in [7, 11) is 1.54. The Morgan fingerprint density at radius 2 is 1.87 bits per heavy atom. The third-order valence-electron chi connectivity index (χ3n) is 9.32. The van der Waals surface area contributed by atoms with Crippen LogP contribution in [-0.4, -0.2) is 75.3 Å². The second-order valence-electron chi connectivity index (χ2n) is 11.9. The van der Waals surface area contributed by atoms with Crippen LogP contribution in [-0.2, 0) is 16.2 Å². The van der Waals surface area contributed by atoms with E-state index in [1.54, 1.807) is 30.1 Å². The largest absolute Gasteiger partial charge is 0.490 e. The minimum absolute atomic E-state index is 0.0883. The maximum atomic E-state index is 10.3.